The van der Waals surface area contributed by atoms with Crippen LogP contribution in [-0.4, -0.2) is 29.0 Å². The van der Waals surface area contributed by atoms with E-state index in [9.17, 15) is 9.18 Å². The van der Waals surface area contributed by atoms with Gasteiger partial charge in [-0.25, -0.2) is 14.4 Å². The number of hydrogen-bond acceptors (Lipinski definition) is 4. The van der Waals surface area contributed by atoms with Gasteiger partial charge in [-0.3, -0.25) is 4.79 Å². The Hall–Kier alpha value is -2.50. The third kappa shape index (κ3) is 3.31. The Balaban J connectivity index is 1.80. The lowest BCUT2D eigenvalue weighted by molar-refractivity contribution is -0.122. The summed E-state index contributed by atoms with van der Waals surface area (Å²) in [5.74, 6) is 0.255. The number of piperidine rings is 1. The number of primary amides is 1. The van der Waals surface area contributed by atoms with E-state index in [1.54, 1.807) is 13.0 Å². The largest absolute Gasteiger partial charge is 0.369 e. The summed E-state index contributed by atoms with van der Waals surface area (Å²) in [6, 6.07) is 6.93. The van der Waals surface area contributed by atoms with Crippen molar-refractivity contribution >= 4 is 11.7 Å². The van der Waals surface area contributed by atoms with Crippen molar-refractivity contribution in [1.82, 2.24) is 9.97 Å². The molecule has 2 N–H and O–H groups in total. The van der Waals surface area contributed by atoms with Crippen molar-refractivity contribution in [2.24, 2.45) is 11.7 Å². The maximum absolute atomic E-state index is 13.7. The van der Waals surface area contributed by atoms with Crippen molar-refractivity contribution in [2.45, 2.75) is 19.8 Å². The maximum atomic E-state index is 13.7. The smallest absolute Gasteiger partial charge is 0.220 e. The summed E-state index contributed by atoms with van der Waals surface area (Å²) in [5, 5.41) is 0. The van der Waals surface area contributed by atoms with Gasteiger partial charge >= 0.3 is 0 Å². The van der Waals surface area contributed by atoms with E-state index in [2.05, 4.69) is 14.9 Å². The van der Waals surface area contributed by atoms with E-state index in [0.717, 1.165) is 37.3 Å². The van der Waals surface area contributed by atoms with E-state index in [4.69, 9.17) is 5.73 Å². The highest BCUT2D eigenvalue weighted by Crippen LogP contribution is 2.25. The zero-order chi connectivity index (χ0) is 16.4. The minimum Gasteiger partial charge on any atom is -0.369 e. The SMILES string of the molecule is Cc1ccc(-c2cc(N3CCC(C(N)=O)CC3)ncn2)cc1F. The van der Waals surface area contributed by atoms with Crippen LogP contribution in [0.2, 0.25) is 0 Å². The molecule has 1 saturated heterocycles. The molecule has 120 valence electrons. The molecule has 0 saturated carbocycles. The molecule has 0 spiro atoms. The molecule has 1 fully saturated rings. The summed E-state index contributed by atoms with van der Waals surface area (Å²) < 4.78 is 13.7. The quantitative estimate of drug-likeness (QED) is 0.943. The molecule has 1 aromatic heterocycles. The number of carbonyl (C=O) groups excluding carboxylic acids is 1. The van der Waals surface area contributed by atoms with Gasteiger partial charge in [0.05, 0.1) is 5.69 Å². The van der Waals surface area contributed by atoms with Crippen LogP contribution in [0.5, 0.6) is 0 Å². The molecule has 23 heavy (non-hydrogen) atoms. The van der Waals surface area contributed by atoms with Crippen molar-refractivity contribution in [3.8, 4) is 11.3 Å². The Morgan fingerprint density at radius 2 is 2.00 bits per heavy atom. The van der Waals surface area contributed by atoms with Gasteiger partial charge in [0, 0.05) is 30.6 Å². The van der Waals surface area contributed by atoms with Crippen molar-refractivity contribution < 1.29 is 9.18 Å². The number of anilines is 1. The summed E-state index contributed by atoms with van der Waals surface area (Å²) in [7, 11) is 0. The van der Waals surface area contributed by atoms with Crippen LogP contribution in [0.4, 0.5) is 10.2 Å². The predicted molar refractivity (Wildman–Crippen MR) is 86.3 cm³/mol. The van der Waals surface area contributed by atoms with E-state index in [-0.39, 0.29) is 17.6 Å². The monoisotopic (exact) mass is 314 g/mol. The molecule has 0 atom stereocenters. The standard InChI is InChI=1S/C17H19FN4O/c1-11-2-3-13(8-14(11)18)15-9-16(21-10-20-15)22-6-4-12(5-7-22)17(19)23/h2-3,8-10,12H,4-7H2,1H3,(H2,19,23). The van der Waals surface area contributed by atoms with Gasteiger partial charge in [-0.1, -0.05) is 12.1 Å². The van der Waals surface area contributed by atoms with Crippen LogP contribution in [-0.2, 0) is 4.79 Å². The second-order valence-electron chi connectivity index (χ2n) is 5.89. The molecule has 5 nitrogen and oxygen atoms in total. The van der Waals surface area contributed by atoms with Crippen molar-refractivity contribution in [1.29, 1.82) is 0 Å². The van der Waals surface area contributed by atoms with E-state index < -0.39 is 0 Å². The number of nitrogens with two attached hydrogens (primary N) is 1. The summed E-state index contributed by atoms with van der Waals surface area (Å²) in [5.41, 5.74) is 7.38. The normalized spacial score (nSPS) is 15.7. The molecule has 0 bridgehead atoms. The van der Waals surface area contributed by atoms with E-state index in [1.807, 2.05) is 12.1 Å². The molecular weight excluding hydrogens is 295 g/mol. The first kappa shape index (κ1) is 15.4. The van der Waals surface area contributed by atoms with E-state index >= 15 is 0 Å². The van der Waals surface area contributed by atoms with Crippen LogP contribution in [0.3, 0.4) is 0 Å². The number of aryl methyl sites for hydroxylation is 1. The molecule has 0 aliphatic carbocycles. The zero-order valence-electron chi connectivity index (χ0n) is 13.0. The fourth-order valence-corrected chi connectivity index (χ4v) is 2.82. The Morgan fingerprint density at radius 1 is 1.26 bits per heavy atom. The number of rotatable bonds is 3. The first-order chi connectivity index (χ1) is 11.0. The fraction of sp³-hybridized carbons (Fsp3) is 0.353. The van der Waals surface area contributed by atoms with E-state index in [0.29, 0.717) is 11.3 Å². The highest BCUT2D eigenvalue weighted by atomic mass is 19.1. The molecule has 3 rings (SSSR count). The predicted octanol–water partition coefficient (Wildman–Crippen LogP) is 2.29. The number of amides is 1. The zero-order valence-corrected chi connectivity index (χ0v) is 13.0. The molecule has 0 radical (unpaired) electrons. The van der Waals surface area contributed by atoms with Crippen LogP contribution < -0.4 is 10.6 Å². The highest BCUT2D eigenvalue weighted by Gasteiger charge is 2.24. The highest BCUT2D eigenvalue weighted by molar-refractivity contribution is 5.77. The minimum absolute atomic E-state index is 0.0567. The summed E-state index contributed by atoms with van der Waals surface area (Å²) in [6.07, 6.45) is 2.95. The molecule has 2 heterocycles. The second-order valence-corrected chi connectivity index (χ2v) is 5.89. The van der Waals surface area contributed by atoms with Crippen LogP contribution in [0, 0.1) is 18.7 Å². The molecule has 1 aromatic carbocycles. The second kappa shape index (κ2) is 6.32. The molecule has 2 aromatic rings. The van der Waals surface area contributed by atoms with Gasteiger partial charge in [-0.05, 0) is 31.4 Å². The first-order valence-corrected chi connectivity index (χ1v) is 7.67. The average molecular weight is 314 g/mol. The summed E-state index contributed by atoms with van der Waals surface area (Å²) in [4.78, 5) is 21.9. The molecule has 1 aliphatic heterocycles. The van der Waals surface area contributed by atoms with Crippen LogP contribution >= 0.6 is 0 Å². The lowest BCUT2D eigenvalue weighted by Gasteiger charge is -2.31. The Labute approximate surface area is 134 Å². The van der Waals surface area contributed by atoms with Gasteiger partial charge < -0.3 is 10.6 Å². The van der Waals surface area contributed by atoms with Crippen LogP contribution in [0.1, 0.15) is 18.4 Å². The average Bonchev–Trinajstić information content (AvgIpc) is 2.57. The van der Waals surface area contributed by atoms with Gasteiger partial charge in [0.2, 0.25) is 5.91 Å². The van der Waals surface area contributed by atoms with Crippen molar-refractivity contribution in [3.05, 3.63) is 42.0 Å². The summed E-state index contributed by atoms with van der Waals surface area (Å²) in [6.45, 7) is 3.19. The van der Waals surface area contributed by atoms with Gasteiger partial charge in [0.1, 0.15) is 18.0 Å². The number of aromatic nitrogens is 2. The lowest BCUT2D eigenvalue weighted by Crippen LogP contribution is -2.38. The third-order valence-electron chi connectivity index (χ3n) is 4.34. The van der Waals surface area contributed by atoms with E-state index in [1.165, 1.54) is 12.4 Å². The van der Waals surface area contributed by atoms with Crippen LogP contribution in [0.15, 0.2) is 30.6 Å². The number of nitrogens with zero attached hydrogens (tertiary/aromatic N) is 3. The lowest BCUT2D eigenvalue weighted by atomic mass is 9.96. The van der Waals surface area contributed by atoms with Gasteiger partial charge in [0.15, 0.2) is 0 Å². The number of hydrogen-bond donors (Lipinski definition) is 1. The van der Waals surface area contributed by atoms with Gasteiger partial charge in [-0.2, -0.15) is 0 Å². The maximum Gasteiger partial charge on any atom is 0.220 e. The minimum atomic E-state index is -0.245. The van der Waals surface area contributed by atoms with Crippen LogP contribution in [0.25, 0.3) is 11.3 Å². The molecule has 1 amide bonds. The number of halogens is 1. The van der Waals surface area contributed by atoms with Crippen molar-refractivity contribution in [2.75, 3.05) is 18.0 Å². The number of carbonyl (C=O) groups is 1. The van der Waals surface area contributed by atoms with Gasteiger partial charge in [-0.15, -0.1) is 0 Å². The fourth-order valence-electron chi connectivity index (χ4n) is 2.82. The Bertz CT molecular complexity index is 726. The van der Waals surface area contributed by atoms with Gasteiger partial charge in [0.25, 0.3) is 0 Å². The van der Waals surface area contributed by atoms with Crippen molar-refractivity contribution in [3.63, 3.8) is 0 Å². The Morgan fingerprint density at radius 3 is 2.65 bits per heavy atom. The molecule has 1 aliphatic rings. The molecule has 6 heteroatoms. The molecule has 0 unspecified atom stereocenters. The topological polar surface area (TPSA) is 72.1 Å². The first-order valence-electron chi connectivity index (χ1n) is 7.67. The molecular formula is C17H19FN4O. The third-order valence-corrected chi connectivity index (χ3v) is 4.34. The number of benzene rings is 1. The summed E-state index contributed by atoms with van der Waals surface area (Å²) >= 11 is 0. The Kier molecular flexibility index (Phi) is 4.23.